The first kappa shape index (κ1) is 31.4. The van der Waals surface area contributed by atoms with Gasteiger partial charge in [-0.2, -0.15) is 0 Å². The van der Waals surface area contributed by atoms with E-state index >= 15 is 0 Å². The van der Waals surface area contributed by atoms with Gasteiger partial charge in [-0.05, 0) is 111 Å². The molecule has 0 unspecified atom stereocenters. The van der Waals surface area contributed by atoms with Crippen molar-refractivity contribution in [2.75, 3.05) is 0 Å². The Morgan fingerprint density at radius 1 is 0.345 bits per heavy atom. The first-order valence-corrected chi connectivity index (χ1v) is 18.9. The smallest absolute Gasteiger partial charge is 0.135 e. The maximum atomic E-state index is 6.43. The Kier molecular flexibility index (Phi) is 7.11. The molecular formula is C53H35NO. The third-order valence-corrected chi connectivity index (χ3v) is 11.3. The Morgan fingerprint density at radius 3 is 1.58 bits per heavy atom. The maximum absolute atomic E-state index is 6.43. The van der Waals surface area contributed by atoms with Crippen molar-refractivity contribution < 1.29 is 4.42 Å². The van der Waals surface area contributed by atoms with Crippen molar-refractivity contribution in [3.05, 3.63) is 200 Å². The second-order valence-electron chi connectivity index (χ2n) is 14.5. The van der Waals surface area contributed by atoms with Crippen LogP contribution in [0.3, 0.4) is 0 Å². The lowest BCUT2D eigenvalue weighted by Crippen LogP contribution is -1.92. The van der Waals surface area contributed by atoms with Crippen LogP contribution in [-0.2, 0) is 0 Å². The molecule has 1 aliphatic carbocycles. The molecular weight excluding hydrogens is 667 g/mol. The first-order valence-electron chi connectivity index (χ1n) is 18.9. The summed E-state index contributed by atoms with van der Waals surface area (Å²) >= 11 is 0. The molecule has 2 heterocycles. The first-order chi connectivity index (χ1) is 27.2. The highest BCUT2D eigenvalue weighted by molar-refractivity contribution is 6.20. The van der Waals surface area contributed by atoms with E-state index in [9.17, 15) is 0 Å². The van der Waals surface area contributed by atoms with Crippen LogP contribution in [0.1, 0.15) is 5.56 Å². The van der Waals surface area contributed by atoms with E-state index in [1.807, 2.05) is 18.2 Å². The molecule has 0 spiro atoms. The van der Waals surface area contributed by atoms with Crippen molar-refractivity contribution in [3.8, 4) is 50.2 Å². The molecule has 0 fully saturated rings. The van der Waals surface area contributed by atoms with E-state index in [4.69, 9.17) is 4.42 Å². The van der Waals surface area contributed by atoms with Crippen molar-refractivity contribution in [1.29, 1.82) is 0 Å². The highest BCUT2D eigenvalue weighted by Gasteiger charge is 2.23. The molecule has 0 saturated carbocycles. The molecule has 258 valence electrons. The molecule has 0 saturated heterocycles. The van der Waals surface area contributed by atoms with E-state index in [2.05, 4.69) is 187 Å². The van der Waals surface area contributed by atoms with Gasteiger partial charge in [-0.3, -0.25) is 0 Å². The highest BCUT2D eigenvalue weighted by Crippen LogP contribution is 2.49. The number of nitrogens with zero attached hydrogens (tertiary/aromatic N) is 1. The summed E-state index contributed by atoms with van der Waals surface area (Å²) in [6.45, 7) is 2.08. The largest absolute Gasteiger partial charge is 0.456 e. The lowest BCUT2D eigenvalue weighted by atomic mass is 9.93. The lowest BCUT2D eigenvalue weighted by Gasteiger charge is -2.10. The molecule has 2 aromatic heterocycles. The van der Waals surface area contributed by atoms with E-state index in [0.29, 0.717) is 0 Å². The Hall–Kier alpha value is -7.16. The maximum Gasteiger partial charge on any atom is 0.135 e. The molecule has 2 nitrogen and oxygen atoms in total. The van der Waals surface area contributed by atoms with Crippen molar-refractivity contribution in [1.82, 2.24) is 4.57 Å². The van der Waals surface area contributed by atoms with Crippen LogP contribution in [0.2, 0.25) is 0 Å². The van der Waals surface area contributed by atoms with Gasteiger partial charge in [-0.1, -0.05) is 151 Å². The monoisotopic (exact) mass is 701 g/mol. The number of aryl methyl sites for hydroxylation is 1. The van der Waals surface area contributed by atoms with Gasteiger partial charge in [0, 0.05) is 27.2 Å². The number of benzene rings is 9. The van der Waals surface area contributed by atoms with Crippen molar-refractivity contribution >= 4 is 54.5 Å². The predicted molar refractivity (Wildman–Crippen MR) is 232 cm³/mol. The number of para-hydroxylation sites is 2. The summed E-state index contributed by atoms with van der Waals surface area (Å²) in [7, 11) is 0. The fourth-order valence-corrected chi connectivity index (χ4v) is 8.82. The Bertz CT molecular complexity index is 3230. The topological polar surface area (TPSA) is 18.1 Å². The Labute approximate surface area is 319 Å². The third-order valence-electron chi connectivity index (χ3n) is 11.3. The number of furan rings is 1. The van der Waals surface area contributed by atoms with Crippen LogP contribution in [0.25, 0.3) is 105 Å². The zero-order valence-electron chi connectivity index (χ0n) is 30.3. The van der Waals surface area contributed by atoms with Crippen molar-refractivity contribution in [2.45, 2.75) is 6.92 Å². The summed E-state index contributed by atoms with van der Waals surface area (Å²) in [5.74, 6) is 0. The molecule has 0 atom stereocenters. The van der Waals surface area contributed by atoms with Crippen LogP contribution >= 0.6 is 0 Å². The Morgan fingerprint density at radius 2 is 0.873 bits per heavy atom. The van der Waals surface area contributed by atoms with E-state index in [-0.39, 0.29) is 0 Å². The average Bonchev–Trinajstić information content (AvgIpc) is 3.90. The van der Waals surface area contributed by atoms with Crippen LogP contribution in [0.15, 0.2) is 199 Å². The summed E-state index contributed by atoms with van der Waals surface area (Å²) in [6.07, 6.45) is 0. The van der Waals surface area contributed by atoms with Gasteiger partial charge >= 0.3 is 0 Å². The third kappa shape index (κ3) is 4.96. The van der Waals surface area contributed by atoms with Crippen LogP contribution in [0.5, 0.6) is 0 Å². The van der Waals surface area contributed by atoms with Gasteiger partial charge in [0.15, 0.2) is 0 Å². The van der Waals surface area contributed by atoms with E-state index in [1.54, 1.807) is 0 Å². The molecule has 0 amide bonds. The van der Waals surface area contributed by atoms with Crippen LogP contribution in [-0.4, -0.2) is 4.57 Å². The normalized spacial score (nSPS) is 11.7. The second kappa shape index (κ2) is 12.5. The van der Waals surface area contributed by atoms with Crippen LogP contribution < -0.4 is 0 Å². The number of aromatic nitrogens is 1. The van der Waals surface area contributed by atoms with Crippen molar-refractivity contribution in [3.63, 3.8) is 0 Å². The van der Waals surface area contributed by atoms with Gasteiger partial charge in [-0.15, -0.1) is 0 Å². The zero-order valence-corrected chi connectivity index (χ0v) is 30.3. The fourth-order valence-electron chi connectivity index (χ4n) is 8.82. The highest BCUT2D eigenvalue weighted by atomic mass is 16.3. The van der Waals surface area contributed by atoms with Gasteiger partial charge in [-0.25, -0.2) is 0 Å². The molecule has 12 rings (SSSR count). The van der Waals surface area contributed by atoms with Crippen LogP contribution in [0, 0.1) is 6.92 Å². The predicted octanol–water partition coefficient (Wildman–Crippen LogP) is 14.8. The van der Waals surface area contributed by atoms with Crippen molar-refractivity contribution in [2.24, 2.45) is 0 Å². The number of hydrogen-bond acceptors (Lipinski definition) is 1. The van der Waals surface area contributed by atoms with E-state index < -0.39 is 0 Å². The van der Waals surface area contributed by atoms with Gasteiger partial charge in [0.2, 0.25) is 0 Å². The molecule has 11 aromatic rings. The molecule has 2 heteroatoms. The molecule has 55 heavy (non-hydrogen) atoms. The second-order valence-corrected chi connectivity index (χ2v) is 14.5. The zero-order chi connectivity index (χ0) is 36.5. The lowest BCUT2D eigenvalue weighted by molar-refractivity contribution is 0.669. The number of rotatable bonds is 3. The summed E-state index contributed by atoms with van der Waals surface area (Å²) in [5, 5.41) is 7.41. The summed E-state index contributed by atoms with van der Waals surface area (Å²) in [5.41, 5.74) is 16.8. The number of hydrogen-bond donors (Lipinski definition) is 0. The summed E-state index contributed by atoms with van der Waals surface area (Å²) in [4.78, 5) is 0. The molecule has 9 aromatic carbocycles. The molecule has 0 aliphatic heterocycles. The summed E-state index contributed by atoms with van der Waals surface area (Å²) < 4.78 is 8.81. The minimum absolute atomic E-state index is 0.903. The van der Waals surface area contributed by atoms with Gasteiger partial charge in [0.05, 0.1) is 11.0 Å². The van der Waals surface area contributed by atoms with E-state index in [0.717, 1.165) is 27.6 Å². The molecule has 0 radical (unpaired) electrons. The van der Waals surface area contributed by atoms with Gasteiger partial charge in [0.25, 0.3) is 0 Å². The SMILES string of the molecule is Cc1ccccc1.c1ccc(-n2c3ccccc3c3c(-c4ccc5oc6ccc(-c7ccc8c9c(cccc79)-c7ccccc7-8)cc6c5c4)cccc32)cc1. The quantitative estimate of drug-likeness (QED) is 0.179. The number of fused-ring (bicyclic) bond motifs is 9. The average molecular weight is 702 g/mol. The minimum Gasteiger partial charge on any atom is -0.456 e. The summed E-state index contributed by atoms with van der Waals surface area (Å²) in [6, 6.07) is 69.7. The van der Waals surface area contributed by atoms with Crippen LogP contribution in [0.4, 0.5) is 0 Å². The Balaban J connectivity index is 0.000000457. The van der Waals surface area contributed by atoms with E-state index in [1.165, 1.54) is 82.6 Å². The molecule has 0 bridgehead atoms. The van der Waals surface area contributed by atoms with Gasteiger partial charge < -0.3 is 8.98 Å². The molecule has 1 aliphatic rings. The molecule has 0 N–H and O–H groups in total. The minimum atomic E-state index is 0.903. The van der Waals surface area contributed by atoms with Gasteiger partial charge in [0.1, 0.15) is 11.2 Å². The fraction of sp³-hybridized carbons (Fsp3) is 0.0189. The standard InChI is InChI=1S/C46H27NO.C7H8/c1-2-10-30(11-3-1)47-41-18-7-6-14-38(41)46-32(15-9-19-42(46)47)29-21-25-44-40(27-29)39-26-28(20-24-43(39)48-44)31-22-23-37-34-13-5-4-12-33(34)36-17-8-16-35(31)45(36)37;1-7-5-3-2-4-6-7/h1-27H;2-6H,1H3.